The highest BCUT2D eigenvalue weighted by atomic mass is 35.5. The highest BCUT2D eigenvalue weighted by Gasteiger charge is 2.16. The van der Waals surface area contributed by atoms with Gasteiger partial charge in [-0.15, -0.1) is 0 Å². The molecule has 5 nitrogen and oxygen atoms in total. The summed E-state index contributed by atoms with van der Waals surface area (Å²) in [5.74, 6) is -1.05. The molecule has 0 unspecified atom stereocenters. The maximum atomic E-state index is 13.1. The normalized spacial score (nSPS) is 11.1. The summed E-state index contributed by atoms with van der Waals surface area (Å²) in [5.41, 5.74) is 1.00. The van der Waals surface area contributed by atoms with Gasteiger partial charge >= 0.3 is 5.97 Å². The second-order valence-electron chi connectivity index (χ2n) is 4.86. The first kappa shape index (κ1) is 18.2. The Hall–Kier alpha value is -2.12. The summed E-state index contributed by atoms with van der Waals surface area (Å²) in [6.45, 7) is 2.02. The molecule has 0 aliphatic carbocycles. The van der Waals surface area contributed by atoms with E-state index in [-0.39, 0.29) is 22.3 Å². The molecule has 0 atom stereocenters. The number of carbonyl (C=O) groups excluding carboxylic acids is 1. The quantitative estimate of drug-likeness (QED) is 0.790. The third-order valence-corrected chi connectivity index (χ3v) is 4.73. The average Bonchev–Trinajstić information content (AvgIpc) is 2.52. The number of anilines is 1. The number of nitrogens with one attached hydrogen (secondary N) is 1. The monoisotopic (exact) mass is 371 g/mol. The molecule has 0 aromatic heterocycles. The van der Waals surface area contributed by atoms with Crippen molar-refractivity contribution in [1.29, 1.82) is 0 Å². The number of ether oxygens (including phenoxy) is 1. The molecule has 0 radical (unpaired) electrons. The van der Waals surface area contributed by atoms with Crippen LogP contribution >= 0.6 is 11.6 Å². The number of sulfonamides is 1. The molecule has 0 bridgehead atoms. The van der Waals surface area contributed by atoms with Crippen LogP contribution in [0.3, 0.4) is 0 Å². The lowest BCUT2D eigenvalue weighted by molar-refractivity contribution is -0.142. The Kier molecular flexibility index (Phi) is 5.80. The van der Waals surface area contributed by atoms with Gasteiger partial charge in [0.2, 0.25) is 0 Å². The SMILES string of the molecule is CCOC(=O)Cc1ccc(NS(=O)(=O)c2ccc(F)c(Cl)c2)cc1. The van der Waals surface area contributed by atoms with Crippen molar-refractivity contribution in [3.8, 4) is 0 Å². The second kappa shape index (κ2) is 7.63. The average molecular weight is 372 g/mol. The van der Waals surface area contributed by atoms with E-state index in [0.29, 0.717) is 17.9 Å². The Bertz CT molecular complexity index is 838. The Morgan fingerprint density at radius 3 is 2.46 bits per heavy atom. The summed E-state index contributed by atoms with van der Waals surface area (Å²) in [7, 11) is -3.89. The van der Waals surface area contributed by atoms with Gasteiger partial charge in [-0.05, 0) is 42.8 Å². The standard InChI is InChI=1S/C16H15ClFNO4S/c1-2-23-16(20)9-11-3-5-12(6-4-11)19-24(21,22)13-7-8-15(18)14(17)10-13/h3-8,10,19H,2,9H2,1H3. The molecule has 0 heterocycles. The number of hydrogen-bond donors (Lipinski definition) is 1. The first-order valence-electron chi connectivity index (χ1n) is 7.04. The molecule has 8 heteroatoms. The number of esters is 1. The van der Waals surface area contributed by atoms with Gasteiger partial charge in [0.1, 0.15) is 5.82 Å². The van der Waals surface area contributed by atoms with E-state index in [1.165, 1.54) is 12.1 Å². The molecule has 128 valence electrons. The molecular weight excluding hydrogens is 357 g/mol. The molecule has 2 aromatic rings. The van der Waals surface area contributed by atoms with Crippen LogP contribution in [0, 0.1) is 5.82 Å². The molecule has 2 rings (SSSR count). The van der Waals surface area contributed by atoms with Gasteiger partial charge in [0, 0.05) is 5.69 Å². The molecule has 24 heavy (non-hydrogen) atoms. The van der Waals surface area contributed by atoms with Gasteiger partial charge < -0.3 is 4.74 Å². The minimum Gasteiger partial charge on any atom is -0.466 e. The van der Waals surface area contributed by atoms with Crippen molar-refractivity contribution in [3.63, 3.8) is 0 Å². The minimum atomic E-state index is -3.89. The Balaban J connectivity index is 2.12. The first-order valence-corrected chi connectivity index (χ1v) is 8.90. The van der Waals surface area contributed by atoms with Crippen LogP contribution < -0.4 is 4.72 Å². The van der Waals surface area contributed by atoms with Gasteiger partial charge in [0.25, 0.3) is 10.0 Å². The van der Waals surface area contributed by atoms with Crippen LogP contribution in [0.4, 0.5) is 10.1 Å². The van der Waals surface area contributed by atoms with Crippen LogP contribution in [0.25, 0.3) is 0 Å². The minimum absolute atomic E-state index is 0.106. The van der Waals surface area contributed by atoms with E-state index in [1.807, 2.05) is 0 Å². The topological polar surface area (TPSA) is 72.5 Å². The second-order valence-corrected chi connectivity index (χ2v) is 6.95. The van der Waals surface area contributed by atoms with E-state index in [4.69, 9.17) is 16.3 Å². The Labute approximate surface area is 144 Å². The molecule has 0 saturated heterocycles. The number of halogens is 2. The van der Waals surface area contributed by atoms with Crippen molar-refractivity contribution in [3.05, 3.63) is 58.9 Å². The summed E-state index contributed by atoms with van der Waals surface area (Å²) in [6.07, 6.45) is 0.106. The van der Waals surface area contributed by atoms with Gasteiger partial charge in [0.15, 0.2) is 0 Å². The van der Waals surface area contributed by atoms with Gasteiger partial charge in [-0.25, -0.2) is 12.8 Å². The number of rotatable bonds is 6. The summed E-state index contributed by atoms with van der Waals surface area (Å²) in [4.78, 5) is 11.2. The third-order valence-electron chi connectivity index (χ3n) is 3.06. The van der Waals surface area contributed by atoms with Crippen LogP contribution in [0.1, 0.15) is 12.5 Å². The van der Waals surface area contributed by atoms with Crippen LogP contribution in [0.5, 0.6) is 0 Å². The summed E-state index contributed by atoms with van der Waals surface area (Å²) in [6, 6.07) is 9.43. The van der Waals surface area contributed by atoms with Crippen molar-refractivity contribution in [2.45, 2.75) is 18.2 Å². The summed E-state index contributed by atoms with van der Waals surface area (Å²) >= 11 is 5.61. The van der Waals surface area contributed by atoms with Gasteiger partial charge in [0.05, 0.1) is 22.9 Å². The number of benzene rings is 2. The smallest absolute Gasteiger partial charge is 0.310 e. The predicted molar refractivity (Wildman–Crippen MR) is 89.0 cm³/mol. The molecule has 0 aliphatic rings. The molecular formula is C16H15ClFNO4S. The van der Waals surface area contributed by atoms with Crippen LogP contribution in [0.2, 0.25) is 5.02 Å². The molecule has 2 aromatic carbocycles. The van der Waals surface area contributed by atoms with Crippen LogP contribution in [-0.2, 0) is 26.0 Å². The lowest BCUT2D eigenvalue weighted by Gasteiger charge is -2.09. The highest BCUT2D eigenvalue weighted by molar-refractivity contribution is 7.92. The van der Waals surface area contributed by atoms with Crippen LogP contribution in [0.15, 0.2) is 47.4 Å². The molecule has 0 fully saturated rings. The van der Waals surface area contributed by atoms with Crippen LogP contribution in [-0.4, -0.2) is 21.0 Å². The van der Waals surface area contributed by atoms with Crippen molar-refractivity contribution < 1.29 is 22.3 Å². The van der Waals surface area contributed by atoms with Crippen molar-refractivity contribution in [1.82, 2.24) is 0 Å². The lowest BCUT2D eigenvalue weighted by atomic mass is 10.1. The number of hydrogen-bond acceptors (Lipinski definition) is 4. The maximum Gasteiger partial charge on any atom is 0.310 e. The van der Waals surface area contributed by atoms with Gasteiger partial charge in [-0.2, -0.15) is 0 Å². The lowest BCUT2D eigenvalue weighted by Crippen LogP contribution is -2.13. The fourth-order valence-electron chi connectivity index (χ4n) is 1.93. The van der Waals surface area contributed by atoms with E-state index >= 15 is 0 Å². The third kappa shape index (κ3) is 4.69. The molecule has 0 amide bonds. The number of carbonyl (C=O) groups is 1. The maximum absolute atomic E-state index is 13.1. The van der Waals surface area contributed by atoms with Crippen molar-refractivity contribution in [2.75, 3.05) is 11.3 Å². The predicted octanol–water partition coefficient (Wildman–Crippen LogP) is 3.39. The van der Waals surface area contributed by atoms with Crippen molar-refractivity contribution in [2.24, 2.45) is 0 Å². The molecule has 0 saturated carbocycles. The molecule has 0 spiro atoms. The Morgan fingerprint density at radius 2 is 1.88 bits per heavy atom. The molecule has 0 aliphatic heterocycles. The van der Waals surface area contributed by atoms with E-state index < -0.39 is 15.8 Å². The van der Waals surface area contributed by atoms with Crippen molar-refractivity contribution >= 4 is 33.3 Å². The van der Waals surface area contributed by atoms with Gasteiger partial charge in [-0.3, -0.25) is 9.52 Å². The zero-order valence-corrected chi connectivity index (χ0v) is 14.3. The zero-order valence-electron chi connectivity index (χ0n) is 12.8. The fourth-order valence-corrected chi connectivity index (χ4v) is 3.26. The van der Waals surface area contributed by atoms with E-state index in [2.05, 4.69) is 4.72 Å². The Morgan fingerprint density at radius 1 is 1.21 bits per heavy atom. The summed E-state index contributed by atoms with van der Waals surface area (Å²) < 4.78 is 44.8. The van der Waals surface area contributed by atoms with E-state index in [9.17, 15) is 17.6 Å². The highest BCUT2D eigenvalue weighted by Crippen LogP contribution is 2.22. The largest absolute Gasteiger partial charge is 0.466 e. The summed E-state index contributed by atoms with van der Waals surface area (Å²) in [5, 5.41) is -0.275. The fraction of sp³-hybridized carbons (Fsp3) is 0.188. The van der Waals surface area contributed by atoms with E-state index in [1.54, 1.807) is 19.1 Å². The van der Waals surface area contributed by atoms with Gasteiger partial charge in [-0.1, -0.05) is 23.7 Å². The zero-order chi connectivity index (χ0) is 17.7. The van der Waals surface area contributed by atoms with E-state index in [0.717, 1.165) is 18.2 Å². The molecule has 1 N–H and O–H groups in total. The first-order chi connectivity index (χ1) is 11.3.